The minimum atomic E-state index is -0.844. The van der Waals surface area contributed by atoms with E-state index in [1.165, 1.54) is 20.8 Å². The molecule has 8 nitrogen and oxygen atoms in total. The highest BCUT2D eigenvalue weighted by molar-refractivity contribution is 5.67. The van der Waals surface area contributed by atoms with E-state index in [-0.39, 0.29) is 23.9 Å². The summed E-state index contributed by atoms with van der Waals surface area (Å²) in [5.41, 5.74) is -0.598. The molecule has 3 fully saturated rings. The van der Waals surface area contributed by atoms with Gasteiger partial charge >= 0.3 is 17.9 Å². The van der Waals surface area contributed by atoms with Gasteiger partial charge in [0.15, 0.2) is 0 Å². The lowest BCUT2D eigenvalue weighted by Gasteiger charge is -2.45. The molecule has 1 saturated carbocycles. The average molecular weight is 479 g/mol. The molecule has 4 aliphatic rings. The van der Waals surface area contributed by atoms with Crippen LogP contribution in [0.1, 0.15) is 74.1 Å². The van der Waals surface area contributed by atoms with Crippen LogP contribution < -0.4 is 0 Å². The van der Waals surface area contributed by atoms with Crippen molar-refractivity contribution in [2.24, 2.45) is 17.3 Å². The minimum absolute atomic E-state index is 0.0699. The van der Waals surface area contributed by atoms with Crippen molar-refractivity contribution < 1.29 is 38.1 Å². The van der Waals surface area contributed by atoms with Gasteiger partial charge in [0.1, 0.15) is 18.3 Å². The molecule has 0 aromatic heterocycles. The van der Waals surface area contributed by atoms with Crippen molar-refractivity contribution in [2.45, 2.75) is 110 Å². The van der Waals surface area contributed by atoms with Gasteiger partial charge in [-0.05, 0) is 46.1 Å². The second-order valence-corrected chi connectivity index (χ2v) is 11.3. The number of fused-ring (bicyclic) bond motifs is 2. The molecule has 2 saturated heterocycles. The van der Waals surface area contributed by atoms with Crippen LogP contribution in [-0.4, -0.2) is 60.1 Å². The minimum Gasteiger partial charge on any atom is -0.462 e. The van der Waals surface area contributed by atoms with Crippen molar-refractivity contribution in [1.29, 1.82) is 0 Å². The highest BCUT2D eigenvalue weighted by Crippen LogP contribution is 2.61. The van der Waals surface area contributed by atoms with Crippen LogP contribution in [0.2, 0.25) is 0 Å². The number of epoxide rings is 2. The molecule has 0 radical (unpaired) electrons. The number of rotatable bonds is 4. The Hall–Kier alpha value is -1.93. The topological polar surface area (TPSA) is 104 Å². The van der Waals surface area contributed by atoms with Crippen molar-refractivity contribution in [3.05, 3.63) is 11.6 Å². The summed E-state index contributed by atoms with van der Waals surface area (Å²) >= 11 is 0. The molecule has 2 aliphatic heterocycles. The summed E-state index contributed by atoms with van der Waals surface area (Å²) in [5, 5.41) is 0. The summed E-state index contributed by atoms with van der Waals surface area (Å²) in [5.74, 6) is -1.55. The van der Waals surface area contributed by atoms with E-state index in [2.05, 4.69) is 6.92 Å². The van der Waals surface area contributed by atoms with E-state index < -0.39 is 46.9 Å². The lowest BCUT2D eigenvalue weighted by Crippen LogP contribution is -2.52. The van der Waals surface area contributed by atoms with E-state index in [0.717, 1.165) is 18.4 Å². The first kappa shape index (κ1) is 25.2. The molecule has 2 heterocycles. The van der Waals surface area contributed by atoms with Crippen LogP contribution >= 0.6 is 0 Å². The first-order valence-electron chi connectivity index (χ1n) is 12.3. The fourth-order valence-electron chi connectivity index (χ4n) is 6.55. The van der Waals surface area contributed by atoms with Crippen LogP contribution in [0.5, 0.6) is 0 Å². The normalized spacial score (nSPS) is 47.1. The smallest absolute Gasteiger partial charge is 0.303 e. The van der Waals surface area contributed by atoms with E-state index >= 15 is 0 Å². The van der Waals surface area contributed by atoms with Gasteiger partial charge in [0.25, 0.3) is 0 Å². The quantitative estimate of drug-likeness (QED) is 0.262. The van der Waals surface area contributed by atoms with Gasteiger partial charge in [-0.25, -0.2) is 0 Å². The van der Waals surface area contributed by atoms with Gasteiger partial charge in [0.2, 0.25) is 0 Å². The van der Waals surface area contributed by atoms with Crippen LogP contribution in [0.25, 0.3) is 0 Å². The zero-order valence-corrected chi connectivity index (χ0v) is 21.3. The number of ether oxygens (including phenoxy) is 5. The van der Waals surface area contributed by atoms with E-state index in [1.54, 1.807) is 0 Å². The summed E-state index contributed by atoms with van der Waals surface area (Å²) in [7, 11) is 0. The molecule has 0 spiro atoms. The number of carbonyl (C=O) groups is 3. The van der Waals surface area contributed by atoms with E-state index in [4.69, 9.17) is 23.7 Å². The zero-order valence-electron chi connectivity index (χ0n) is 21.3. The molecule has 8 heteroatoms. The number of allylic oxidation sites excluding steroid dienone is 1. The van der Waals surface area contributed by atoms with Crippen molar-refractivity contribution in [3.8, 4) is 0 Å². The Kier molecular flexibility index (Phi) is 6.39. The van der Waals surface area contributed by atoms with Gasteiger partial charge < -0.3 is 23.7 Å². The predicted molar refractivity (Wildman–Crippen MR) is 122 cm³/mol. The molecule has 2 aliphatic carbocycles. The van der Waals surface area contributed by atoms with E-state index in [9.17, 15) is 14.4 Å². The molecule has 0 aromatic carbocycles. The Morgan fingerprint density at radius 2 is 1.59 bits per heavy atom. The second-order valence-electron chi connectivity index (χ2n) is 11.3. The van der Waals surface area contributed by atoms with E-state index in [0.29, 0.717) is 19.4 Å². The van der Waals surface area contributed by atoms with Gasteiger partial charge in [-0.1, -0.05) is 12.5 Å². The van der Waals surface area contributed by atoms with Gasteiger partial charge in [-0.2, -0.15) is 0 Å². The molecule has 190 valence electrons. The number of esters is 3. The molecular weight excluding hydrogens is 440 g/mol. The number of carbonyl (C=O) groups excluding carboxylic acids is 3. The Morgan fingerprint density at radius 1 is 0.971 bits per heavy atom. The van der Waals surface area contributed by atoms with Crippen molar-refractivity contribution in [3.63, 3.8) is 0 Å². The molecule has 0 aromatic rings. The van der Waals surface area contributed by atoms with Crippen LogP contribution in [-0.2, 0) is 38.1 Å². The SMILES string of the molecule is CC(=O)OC1C[C@]2(C)O[C@@H]2CC/C(C)=C/[C@@H](OC(C)=O)[C@]2(C)C1[C@H]([C@]1(C)CO1)C[C@@H]2OC(C)=O. The van der Waals surface area contributed by atoms with Gasteiger partial charge in [-0.15, -0.1) is 0 Å². The average Bonchev–Trinajstić information content (AvgIpc) is 3.57. The lowest BCUT2D eigenvalue weighted by atomic mass is 9.65. The molecule has 0 bridgehead atoms. The first-order chi connectivity index (χ1) is 15.8. The monoisotopic (exact) mass is 478 g/mol. The molecule has 4 rings (SSSR count). The summed E-state index contributed by atoms with van der Waals surface area (Å²) in [4.78, 5) is 36.8. The van der Waals surface area contributed by atoms with Crippen LogP contribution in [0.15, 0.2) is 11.6 Å². The zero-order chi connectivity index (χ0) is 25.1. The Labute approximate surface area is 201 Å². The number of hydrogen-bond acceptors (Lipinski definition) is 8. The summed E-state index contributed by atoms with van der Waals surface area (Å²) in [6.45, 7) is 12.9. The van der Waals surface area contributed by atoms with Crippen LogP contribution in [0.3, 0.4) is 0 Å². The third kappa shape index (κ3) is 4.63. The van der Waals surface area contributed by atoms with Gasteiger partial charge in [0, 0.05) is 39.0 Å². The maximum Gasteiger partial charge on any atom is 0.303 e. The van der Waals surface area contributed by atoms with Crippen molar-refractivity contribution in [1.82, 2.24) is 0 Å². The van der Waals surface area contributed by atoms with E-state index in [1.807, 2.05) is 26.8 Å². The van der Waals surface area contributed by atoms with Crippen LogP contribution in [0.4, 0.5) is 0 Å². The molecule has 9 atom stereocenters. The maximum absolute atomic E-state index is 12.3. The molecule has 2 unspecified atom stereocenters. The predicted octanol–water partition coefficient (Wildman–Crippen LogP) is 3.50. The third-order valence-corrected chi connectivity index (χ3v) is 8.51. The fraction of sp³-hybridized carbons (Fsp3) is 0.808. The van der Waals surface area contributed by atoms with Crippen LogP contribution in [0, 0.1) is 17.3 Å². The summed E-state index contributed by atoms with van der Waals surface area (Å²) in [6.07, 6.45) is 3.00. The fourth-order valence-corrected chi connectivity index (χ4v) is 6.55. The van der Waals surface area contributed by atoms with Crippen molar-refractivity contribution >= 4 is 17.9 Å². The lowest BCUT2D eigenvalue weighted by molar-refractivity contribution is -0.177. The highest BCUT2D eigenvalue weighted by Gasteiger charge is 2.69. The van der Waals surface area contributed by atoms with Crippen molar-refractivity contribution in [2.75, 3.05) is 6.61 Å². The Morgan fingerprint density at radius 3 is 2.15 bits per heavy atom. The summed E-state index contributed by atoms with van der Waals surface area (Å²) in [6, 6.07) is 0. The molecule has 34 heavy (non-hydrogen) atoms. The molecule has 0 amide bonds. The van der Waals surface area contributed by atoms with Gasteiger partial charge in [-0.3, -0.25) is 14.4 Å². The number of hydrogen-bond donors (Lipinski definition) is 0. The standard InChI is InChI=1S/C26H38O8/c1-14-8-9-20-24(5,34-20)12-19(31-15(2)27)23-18(25(6)13-30-25)11-22(33-17(4)29)26(23,7)21(10-14)32-16(3)28/h10,18-23H,8-9,11-13H2,1-7H3/b14-10+/t18-,19?,20-,21-,22+,23?,24+,25+,26+/m1/s1. The first-order valence-corrected chi connectivity index (χ1v) is 12.3. The molecular formula is C26H38O8. The summed E-state index contributed by atoms with van der Waals surface area (Å²) < 4.78 is 29.9. The second kappa shape index (κ2) is 8.63. The largest absolute Gasteiger partial charge is 0.462 e. The Balaban J connectivity index is 1.89. The van der Waals surface area contributed by atoms with Gasteiger partial charge in [0.05, 0.1) is 29.3 Å². The third-order valence-electron chi connectivity index (χ3n) is 8.51. The highest BCUT2D eigenvalue weighted by atomic mass is 16.6. The maximum atomic E-state index is 12.3. The Bertz CT molecular complexity index is 891. The molecule has 0 N–H and O–H groups in total.